The van der Waals surface area contributed by atoms with Crippen molar-refractivity contribution >= 4 is 52.1 Å². The Morgan fingerprint density at radius 1 is 1.14 bits per heavy atom. The Bertz CT molecular complexity index is 704. The largest absolute Gasteiger partial charge is 0.331 e. The maximum absolute atomic E-state index is 12.0. The lowest BCUT2D eigenvalue weighted by molar-refractivity contribution is 0.0977. The molecule has 0 saturated heterocycles. The Hall–Kier alpha value is -1.62. The Kier molecular flexibility index (Phi) is 5.17. The molecule has 0 aromatic heterocycles. The molecule has 6 heteroatoms. The Labute approximate surface area is 138 Å². The molecule has 1 amide bonds. The third-order valence-corrected chi connectivity index (χ3v) is 3.44. The number of anilines is 1. The molecule has 2 aromatic rings. The third-order valence-electron chi connectivity index (χ3n) is 2.69. The number of hydrogen-bond acceptors (Lipinski definition) is 2. The number of thiocarbonyl (C=S) groups is 1. The molecular formula is C15H12Cl2N2OS. The van der Waals surface area contributed by atoms with Gasteiger partial charge in [0.1, 0.15) is 0 Å². The highest BCUT2D eigenvalue weighted by molar-refractivity contribution is 7.80. The van der Waals surface area contributed by atoms with Gasteiger partial charge in [-0.15, -0.1) is 0 Å². The van der Waals surface area contributed by atoms with Crippen LogP contribution < -0.4 is 10.6 Å². The number of benzene rings is 2. The van der Waals surface area contributed by atoms with Crippen LogP contribution >= 0.6 is 35.4 Å². The average Bonchev–Trinajstić information content (AvgIpc) is 2.42. The molecule has 0 saturated carbocycles. The Morgan fingerprint density at radius 3 is 2.57 bits per heavy atom. The summed E-state index contributed by atoms with van der Waals surface area (Å²) in [5.74, 6) is -0.277. The first-order chi connectivity index (χ1) is 9.95. The normalized spacial score (nSPS) is 10.0. The van der Waals surface area contributed by atoms with E-state index in [-0.39, 0.29) is 11.0 Å². The van der Waals surface area contributed by atoms with E-state index in [0.717, 1.165) is 5.56 Å². The number of hydrogen-bond donors (Lipinski definition) is 2. The average molecular weight is 339 g/mol. The molecule has 0 spiro atoms. The van der Waals surface area contributed by atoms with Gasteiger partial charge in [-0.25, -0.2) is 0 Å². The summed E-state index contributed by atoms with van der Waals surface area (Å²) in [5, 5.41) is 6.59. The first-order valence-corrected chi connectivity index (χ1v) is 7.26. The zero-order valence-electron chi connectivity index (χ0n) is 11.1. The van der Waals surface area contributed by atoms with Crippen LogP contribution in [0, 0.1) is 6.92 Å². The summed E-state index contributed by atoms with van der Waals surface area (Å²) in [6.07, 6.45) is 0. The van der Waals surface area contributed by atoms with Crippen molar-refractivity contribution in [1.82, 2.24) is 5.32 Å². The second kappa shape index (κ2) is 6.89. The summed E-state index contributed by atoms with van der Waals surface area (Å²) in [6, 6.07) is 12.2. The summed E-state index contributed by atoms with van der Waals surface area (Å²) in [6.45, 7) is 1.92. The van der Waals surface area contributed by atoms with Gasteiger partial charge in [-0.2, -0.15) is 0 Å². The van der Waals surface area contributed by atoms with Gasteiger partial charge in [0.05, 0.1) is 10.7 Å². The van der Waals surface area contributed by atoms with Crippen LogP contribution in [0.5, 0.6) is 0 Å². The van der Waals surface area contributed by atoms with Gasteiger partial charge in [-0.1, -0.05) is 40.9 Å². The molecule has 0 fully saturated rings. The molecule has 2 aromatic carbocycles. The van der Waals surface area contributed by atoms with Crippen LogP contribution in [0.15, 0.2) is 42.5 Å². The van der Waals surface area contributed by atoms with E-state index in [0.29, 0.717) is 21.3 Å². The highest BCUT2D eigenvalue weighted by atomic mass is 35.5. The lowest BCUT2D eigenvalue weighted by Gasteiger charge is -2.11. The van der Waals surface area contributed by atoms with E-state index in [9.17, 15) is 4.79 Å². The van der Waals surface area contributed by atoms with Gasteiger partial charge < -0.3 is 5.32 Å². The van der Waals surface area contributed by atoms with Crippen LogP contribution in [0.1, 0.15) is 15.9 Å². The monoisotopic (exact) mass is 338 g/mol. The summed E-state index contributed by atoms with van der Waals surface area (Å²) in [5.41, 5.74) is 2.12. The number of amides is 1. The van der Waals surface area contributed by atoms with Crippen molar-refractivity contribution in [2.24, 2.45) is 0 Å². The lowest BCUT2D eigenvalue weighted by atomic mass is 10.1. The van der Waals surface area contributed by atoms with E-state index in [2.05, 4.69) is 10.6 Å². The number of nitrogens with one attached hydrogen (secondary N) is 2. The van der Waals surface area contributed by atoms with Crippen LogP contribution in [0.2, 0.25) is 10.0 Å². The summed E-state index contributed by atoms with van der Waals surface area (Å²) in [7, 11) is 0. The molecule has 0 heterocycles. The van der Waals surface area contributed by atoms with E-state index >= 15 is 0 Å². The van der Waals surface area contributed by atoms with E-state index in [1.807, 2.05) is 19.1 Å². The minimum Gasteiger partial charge on any atom is -0.331 e. The second-order valence-corrected chi connectivity index (χ2v) is 5.65. The van der Waals surface area contributed by atoms with E-state index < -0.39 is 0 Å². The van der Waals surface area contributed by atoms with Crippen molar-refractivity contribution < 1.29 is 4.79 Å². The molecule has 0 bridgehead atoms. The number of carbonyl (C=O) groups is 1. The lowest BCUT2D eigenvalue weighted by Crippen LogP contribution is -2.34. The van der Waals surface area contributed by atoms with Crippen LogP contribution in [0.3, 0.4) is 0 Å². The topological polar surface area (TPSA) is 41.1 Å². The SMILES string of the molecule is Cc1cccc(C(=O)NC(=S)Nc2ccc(Cl)cc2Cl)c1. The fourth-order valence-electron chi connectivity index (χ4n) is 1.71. The predicted molar refractivity (Wildman–Crippen MR) is 91.3 cm³/mol. The minimum atomic E-state index is -0.277. The van der Waals surface area contributed by atoms with Crippen molar-refractivity contribution in [3.63, 3.8) is 0 Å². The van der Waals surface area contributed by atoms with E-state index in [4.69, 9.17) is 35.4 Å². The zero-order valence-corrected chi connectivity index (χ0v) is 13.4. The van der Waals surface area contributed by atoms with Gasteiger partial charge in [0, 0.05) is 10.6 Å². The maximum Gasteiger partial charge on any atom is 0.257 e. The van der Waals surface area contributed by atoms with Crippen molar-refractivity contribution in [3.05, 3.63) is 63.6 Å². The van der Waals surface area contributed by atoms with Gasteiger partial charge in [-0.3, -0.25) is 10.1 Å². The Morgan fingerprint density at radius 2 is 1.90 bits per heavy atom. The highest BCUT2D eigenvalue weighted by Crippen LogP contribution is 2.25. The molecule has 0 aliphatic rings. The molecule has 0 radical (unpaired) electrons. The molecule has 108 valence electrons. The van der Waals surface area contributed by atoms with Gasteiger partial charge in [0.2, 0.25) is 0 Å². The summed E-state index contributed by atoms with van der Waals surface area (Å²) in [4.78, 5) is 12.0. The number of rotatable bonds is 2. The van der Waals surface area contributed by atoms with Crippen molar-refractivity contribution in [2.75, 3.05) is 5.32 Å². The van der Waals surface area contributed by atoms with Crippen molar-refractivity contribution in [1.29, 1.82) is 0 Å². The second-order valence-electron chi connectivity index (χ2n) is 4.40. The maximum atomic E-state index is 12.0. The van der Waals surface area contributed by atoms with Crippen LogP contribution in [0.25, 0.3) is 0 Å². The molecule has 2 N–H and O–H groups in total. The van der Waals surface area contributed by atoms with E-state index in [1.165, 1.54) is 0 Å². The number of carbonyl (C=O) groups excluding carboxylic acids is 1. The molecule has 21 heavy (non-hydrogen) atoms. The summed E-state index contributed by atoms with van der Waals surface area (Å²) >= 11 is 16.9. The quantitative estimate of drug-likeness (QED) is 0.796. The first kappa shape index (κ1) is 15.8. The van der Waals surface area contributed by atoms with Crippen LogP contribution in [-0.4, -0.2) is 11.0 Å². The molecule has 0 aliphatic carbocycles. The summed E-state index contributed by atoms with van der Waals surface area (Å²) < 4.78 is 0. The number of halogens is 2. The molecule has 0 unspecified atom stereocenters. The van der Waals surface area contributed by atoms with Gasteiger partial charge in [-0.05, 0) is 49.5 Å². The molecule has 0 aliphatic heterocycles. The van der Waals surface area contributed by atoms with Gasteiger partial charge in [0.25, 0.3) is 5.91 Å². The standard InChI is InChI=1S/C15H12Cl2N2OS/c1-9-3-2-4-10(7-9)14(20)19-15(21)18-13-6-5-11(16)8-12(13)17/h2-8H,1H3,(H2,18,19,20,21). The molecular weight excluding hydrogens is 327 g/mol. The molecule has 2 rings (SSSR count). The fraction of sp³-hybridized carbons (Fsp3) is 0.0667. The predicted octanol–water partition coefficient (Wildman–Crippen LogP) is 4.43. The van der Waals surface area contributed by atoms with Gasteiger partial charge >= 0.3 is 0 Å². The third kappa shape index (κ3) is 4.43. The van der Waals surface area contributed by atoms with Gasteiger partial charge in [0.15, 0.2) is 5.11 Å². The zero-order chi connectivity index (χ0) is 15.4. The van der Waals surface area contributed by atoms with Crippen LogP contribution in [-0.2, 0) is 0 Å². The highest BCUT2D eigenvalue weighted by Gasteiger charge is 2.09. The number of aryl methyl sites for hydroxylation is 1. The fourth-order valence-corrected chi connectivity index (χ4v) is 2.36. The minimum absolute atomic E-state index is 0.172. The van der Waals surface area contributed by atoms with Crippen molar-refractivity contribution in [2.45, 2.75) is 6.92 Å². The smallest absolute Gasteiger partial charge is 0.257 e. The molecule has 3 nitrogen and oxygen atoms in total. The first-order valence-electron chi connectivity index (χ1n) is 6.10. The van der Waals surface area contributed by atoms with Crippen molar-refractivity contribution in [3.8, 4) is 0 Å². The molecule has 0 atom stereocenters. The Balaban J connectivity index is 2.03. The van der Waals surface area contributed by atoms with E-state index in [1.54, 1.807) is 30.3 Å². The van der Waals surface area contributed by atoms with Crippen LogP contribution in [0.4, 0.5) is 5.69 Å².